The summed E-state index contributed by atoms with van der Waals surface area (Å²) in [6.45, 7) is -0.237. The maximum Gasteiger partial charge on any atom is 0.147 e. The molecule has 0 N–H and O–H groups in total. The molecule has 0 spiro atoms. The van der Waals surface area contributed by atoms with Crippen molar-refractivity contribution < 1.29 is 8.53 Å². The largest absolute Gasteiger partial charge is 0.456 e. The monoisotopic (exact) mass is 631 g/mol. The number of pyridine rings is 2. The molecule has 0 unspecified atom stereocenters. The summed E-state index contributed by atoms with van der Waals surface area (Å²) in [5.41, 5.74) is 8.22. The smallest absolute Gasteiger partial charge is 0.147 e. The first-order valence-electron chi connectivity index (χ1n) is 17.9. The fraction of sp³-hybridized carbons (Fsp3) is 0.195. The van der Waals surface area contributed by atoms with E-state index in [0.29, 0.717) is 11.4 Å². The molecule has 4 aromatic carbocycles. The van der Waals surface area contributed by atoms with Crippen molar-refractivity contribution in [1.82, 2.24) is 19.5 Å². The van der Waals surface area contributed by atoms with Crippen LogP contribution in [0.25, 0.3) is 81.3 Å². The number of aromatic nitrogens is 4. The highest BCUT2D eigenvalue weighted by Crippen LogP contribution is 2.44. The molecule has 0 bridgehead atoms. The predicted octanol–water partition coefficient (Wildman–Crippen LogP) is 11.6. The van der Waals surface area contributed by atoms with E-state index in [4.69, 9.17) is 18.5 Å². The van der Waals surface area contributed by atoms with Crippen LogP contribution in [0.15, 0.2) is 95.4 Å². The van der Waals surface area contributed by atoms with Gasteiger partial charge in [-0.2, -0.15) is 0 Å². The molecule has 5 aromatic heterocycles. The van der Waals surface area contributed by atoms with Crippen molar-refractivity contribution in [2.24, 2.45) is 0 Å². The number of hydrogen-bond donors (Lipinski definition) is 0. The fourth-order valence-electron chi connectivity index (χ4n) is 7.81. The van der Waals surface area contributed by atoms with Crippen molar-refractivity contribution in [2.45, 2.75) is 51.8 Å². The molecule has 1 aliphatic rings. The minimum Gasteiger partial charge on any atom is -0.456 e. The van der Waals surface area contributed by atoms with Crippen LogP contribution in [-0.2, 0) is 0 Å². The summed E-state index contributed by atoms with van der Waals surface area (Å²) >= 11 is 1.74. The number of para-hydroxylation sites is 1. The van der Waals surface area contributed by atoms with Gasteiger partial charge >= 0.3 is 0 Å². The second-order valence-electron chi connectivity index (χ2n) is 12.9. The molecule has 6 heteroatoms. The van der Waals surface area contributed by atoms with Gasteiger partial charge in [0.1, 0.15) is 21.8 Å². The summed E-state index contributed by atoms with van der Waals surface area (Å²) in [5, 5.41) is 5.20. The molecule has 0 atom stereocenters. The van der Waals surface area contributed by atoms with Gasteiger partial charge in [-0.25, -0.2) is 9.97 Å². The normalized spacial score (nSPS) is 15.7. The maximum absolute atomic E-state index is 8.01. The van der Waals surface area contributed by atoms with Gasteiger partial charge in [0.2, 0.25) is 0 Å². The Hall–Kier alpha value is -5.07. The van der Waals surface area contributed by atoms with E-state index in [1.165, 1.54) is 48.6 Å². The van der Waals surface area contributed by atoms with Crippen LogP contribution in [-0.4, -0.2) is 19.5 Å². The molecule has 0 aliphatic heterocycles. The topological polar surface area (TPSA) is 56.7 Å². The Morgan fingerprint density at radius 2 is 1.62 bits per heavy atom. The first-order chi connectivity index (χ1) is 24.3. The SMILES string of the molecule is [2H]C([2H])([2H])c1ccc2c(ccc3nc(-c4cccc5c4sc4nc(C6CCCCC6)ccc45)n(-c4ccc(C)c5oc6ccccc6c45)c32)n1. The number of rotatable bonds is 3. The Morgan fingerprint density at radius 1 is 0.766 bits per heavy atom. The number of benzene rings is 4. The minimum absolute atomic E-state index is 0.0735. The van der Waals surface area contributed by atoms with Gasteiger partial charge in [0, 0.05) is 53.2 Å². The molecule has 0 amide bonds. The van der Waals surface area contributed by atoms with Crippen LogP contribution in [0.3, 0.4) is 0 Å². The van der Waals surface area contributed by atoms with Crippen molar-refractivity contribution >= 4 is 75.5 Å². The third-order valence-electron chi connectivity index (χ3n) is 10.1. The van der Waals surface area contributed by atoms with Crippen molar-refractivity contribution in [2.75, 3.05) is 0 Å². The molecule has 47 heavy (non-hydrogen) atoms. The Morgan fingerprint density at radius 3 is 2.53 bits per heavy atom. The first-order valence-corrected chi connectivity index (χ1v) is 17.2. The Balaban J connectivity index is 1.30. The summed E-state index contributed by atoms with van der Waals surface area (Å²) in [4.78, 5) is 16.3. The Bertz CT molecular complexity index is 2820. The number of furan rings is 1. The van der Waals surface area contributed by atoms with Gasteiger partial charge < -0.3 is 4.42 Å². The van der Waals surface area contributed by atoms with Crippen molar-refractivity contribution in [3.05, 3.63) is 108 Å². The molecule has 1 saturated carbocycles. The van der Waals surface area contributed by atoms with Crippen LogP contribution >= 0.6 is 11.3 Å². The van der Waals surface area contributed by atoms with Crippen LogP contribution in [0.1, 0.15) is 59.1 Å². The molecule has 1 fully saturated rings. The molecule has 9 aromatic rings. The second-order valence-corrected chi connectivity index (χ2v) is 13.9. The number of fused-ring (bicyclic) bond motifs is 9. The average molecular weight is 632 g/mol. The van der Waals surface area contributed by atoms with Gasteiger partial charge in [0.05, 0.1) is 27.6 Å². The van der Waals surface area contributed by atoms with Gasteiger partial charge in [-0.15, -0.1) is 11.3 Å². The van der Waals surface area contributed by atoms with Gasteiger partial charge in [0.25, 0.3) is 0 Å². The molecule has 0 radical (unpaired) electrons. The van der Waals surface area contributed by atoms with E-state index in [0.717, 1.165) is 70.5 Å². The van der Waals surface area contributed by atoms with Crippen LogP contribution in [0, 0.1) is 13.8 Å². The van der Waals surface area contributed by atoms with E-state index in [-0.39, 0.29) is 5.69 Å². The Kier molecular flexibility index (Phi) is 5.25. The van der Waals surface area contributed by atoms with Crippen LogP contribution in [0.2, 0.25) is 0 Å². The van der Waals surface area contributed by atoms with Gasteiger partial charge in [-0.3, -0.25) is 9.55 Å². The minimum atomic E-state index is -2.31. The molecule has 1 aliphatic carbocycles. The number of nitrogens with zero attached hydrogens (tertiary/aromatic N) is 4. The lowest BCUT2D eigenvalue weighted by Crippen LogP contribution is -2.05. The third-order valence-corrected chi connectivity index (χ3v) is 11.2. The lowest BCUT2D eigenvalue weighted by atomic mass is 9.86. The quantitative estimate of drug-likeness (QED) is 0.195. The summed E-state index contributed by atoms with van der Waals surface area (Å²) in [6.07, 6.45) is 6.29. The van der Waals surface area contributed by atoms with Crippen LogP contribution in [0.5, 0.6) is 0 Å². The lowest BCUT2D eigenvalue weighted by Gasteiger charge is -2.20. The van der Waals surface area contributed by atoms with Crippen LogP contribution < -0.4 is 0 Å². The maximum atomic E-state index is 8.01. The second kappa shape index (κ2) is 10.2. The van der Waals surface area contributed by atoms with E-state index >= 15 is 0 Å². The van der Waals surface area contributed by atoms with Crippen molar-refractivity contribution in [1.29, 1.82) is 0 Å². The third kappa shape index (κ3) is 4.04. The summed E-state index contributed by atoms with van der Waals surface area (Å²) < 4.78 is 33.9. The number of aryl methyl sites for hydroxylation is 2. The van der Waals surface area contributed by atoms with Gasteiger partial charge in [-0.05, 0) is 86.8 Å². The molecule has 10 rings (SSSR count). The summed E-state index contributed by atoms with van der Waals surface area (Å²) in [7, 11) is 0. The highest BCUT2D eigenvalue weighted by atomic mass is 32.1. The van der Waals surface area contributed by atoms with E-state index in [1.807, 2.05) is 36.4 Å². The number of thiophene rings is 1. The fourth-order valence-corrected chi connectivity index (χ4v) is 9.00. The molecular weight excluding hydrogens is 597 g/mol. The van der Waals surface area contributed by atoms with Crippen molar-refractivity contribution in [3.8, 4) is 17.1 Å². The van der Waals surface area contributed by atoms with Gasteiger partial charge in [0.15, 0.2) is 0 Å². The zero-order valence-corrected chi connectivity index (χ0v) is 26.7. The van der Waals surface area contributed by atoms with E-state index in [2.05, 4.69) is 65.0 Å². The average Bonchev–Trinajstić information content (AvgIpc) is 3.84. The van der Waals surface area contributed by atoms with Crippen LogP contribution in [0.4, 0.5) is 0 Å². The lowest BCUT2D eigenvalue weighted by molar-refractivity contribution is 0.437. The predicted molar refractivity (Wildman–Crippen MR) is 195 cm³/mol. The standard InChI is InChI=1S/C41H32N4OS/c1-23-15-22-34(36-29-11-6-7-14-35(29)46-38(23)36)45-37-28-17-16-24(2)42-32(28)20-21-33(37)43-40(45)30-13-8-12-26-27-18-19-31(25-9-4-3-5-10-25)44-41(27)47-39(26)30/h6-8,11-22,25H,3-5,9-10H2,1-2H3/i2D3. The zero-order chi connectivity index (χ0) is 33.7. The zero-order valence-electron chi connectivity index (χ0n) is 28.9. The number of hydrogen-bond acceptors (Lipinski definition) is 5. The molecule has 5 nitrogen and oxygen atoms in total. The van der Waals surface area contributed by atoms with E-state index in [1.54, 1.807) is 17.4 Å². The highest BCUT2D eigenvalue weighted by Gasteiger charge is 2.24. The van der Waals surface area contributed by atoms with E-state index in [9.17, 15) is 0 Å². The highest BCUT2D eigenvalue weighted by molar-refractivity contribution is 7.26. The summed E-state index contributed by atoms with van der Waals surface area (Å²) in [5.74, 6) is 1.33. The molecule has 228 valence electrons. The Labute approximate surface area is 279 Å². The molecule has 5 heterocycles. The van der Waals surface area contributed by atoms with Gasteiger partial charge in [-0.1, -0.05) is 55.7 Å². The first kappa shape index (κ1) is 24.2. The number of imidazole rings is 1. The van der Waals surface area contributed by atoms with Crippen molar-refractivity contribution in [3.63, 3.8) is 0 Å². The van der Waals surface area contributed by atoms with E-state index < -0.39 is 6.85 Å². The summed E-state index contributed by atoms with van der Waals surface area (Å²) in [6, 6.07) is 30.7. The molecule has 0 saturated heterocycles. The molecular formula is C41H32N4OS.